The highest BCUT2D eigenvalue weighted by molar-refractivity contribution is 5.18. The molecule has 0 saturated carbocycles. The van der Waals surface area contributed by atoms with E-state index in [1.54, 1.807) is 24.3 Å². The molecule has 0 amide bonds. The molecule has 2 rings (SSSR count). The molecule has 4 heteroatoms. The minimum atomic E-state index is 0.322. The minimum absolute atomic E-state index is 0.322. The van der Waals surface area contributed by atoms with Crippen LogP contribution in [0.5, 0.6) is 5.75 Å². The van der Waals surface area contributed by atoms with Gasteiger partial charge in [0.1, 0.15) is 5.75 Å². The maximum absolute atomic E-state index is 8.63. The average Bonchev–Trinajstić information content (AvgIpc) is 2.33. The fourth-order valence-electron chi connectivity index (χ4n) is 1.55. The van der Waals surface area contributed by atoms with E-state index in [2.05, 4.69) is 10.2 Å². The Balaban J connectivity index is 0.000000165. The molecule has 1 heterocycles. The first-order valence-electron chi connectivity index (χ1n) is 5.70. The number of nitrogens with two attached hydrogens (primary N) is 1. The molecule has 16 heavy (non-hydrogen) atoms. The molecule has 1 saturated heterocycles. The van der Waals surface area contributed by atoms with Crippen LogP contribution < -0.4 is 11.1 Å². The number of nitrogens with one attached hydrogen (secondary N) is 1. The number of phenols is 1. The van der Waals surface area contributed by atoms with Gasteiger partial charge in [-0.15, -0.1) is 0 Å². The van der Waals surface area contributed by atoms with E-state index in [1.807, 2.05) is 6.07 Å². The van der Waals surface area contributed by atoms with Crippen molar-refractivity contribution in [3.05, 3.63) is 30.3 Å². The highest BCUT2D eigenvalue weighted by atomic mass is 16.3. The van der Waals surface area contributed by atoms with Crippen LogP contribution in [0.1, 0.15) is 0 Å². The first-order valence-corrected chi connectivity index (χ1v) is 5.70. The Hall–Kier alpha value is -1.10. The van der Waals surface area contributed by atoms with Gasteiger partial charge in [-0.2, -0.15) is 0 Å². The number of phenolic OH excluding ortho intramolecular Hbond substituents is 1. The number of nitrogens with zero attached hydrogens (tertiary/aromatic N) is 1. The Morgan fingerprint density at radius 3 is 2.25 bits per heavy atom. The molecule has 0 aromatic heterocycles. The second-order valence-electron chi connectivity index (χ2n) is 3.72. The lowest BCUT2D eigenvalue weighted by molar-refractivity contribution is 0.247. The summed E-state index contributed by atoms with van der Waals surface area (Å²) in [6.45, 7) is 6.43. The zero-order chi connectivity index (χ0) is 11.6. The molecule has 1 aliphatic heterocycles. The van der Waals surface area contributed by atoms with Crippen molar-refractivity contribution in [3.8, 4) is 5.75 Å². The van der Waals surface area contributed by atoms with E-state index in [4.69, 9.17) is 10.8 Å². The summed E-state index contributed by atoms with van der Waals surface area (Å²) >= 11 is 0. The summed E-state index contributed by atoms with van der Waals surface area (Å²) in [5.41, 5.74) is 5.40. The smallest absolute Gasteiger partial charge is 0.115 e. The SMILES string of the molecule is NCCN1CCNCC1.Oc1ccccc1. The molecule has 1 aromatic carbocycles. The van der Waals surface area contributed by atoms with E-state index in [1.165, 1.54) is 0 Å². The number of hydrogen-bond acceptors (Lipinski definition) is 4. The van der Waals surface area contributed by atoms with Gasteiger partial charge in [0.15, 0.2) is 0 Å². The monoisotopic (exact) mass is 223 g/mol. The molecular formula is C12H21N3O. The third kappa shape index (κ3) is 5.70. The van der Waals surface area contributed by atoms with E-state index >= 15 is 0 Å². The Bertz CT molecular complexity index is 257. The first kappa shape index (κ1) is 13.0. The molecular weight excluding hydrogens is 202 g/mol. The quantitative estimate of drug-likeness (QED) is 0.672. The fourth-order valence-corrected chi connectivity index (χ4v) is 1.55. The summed E-state index contributed by atoms with van der Waals surface area (Å²) in [4.78, 5) is 2.39. The highest BCUT2D eigenvalue weighted by Gasteiger charge is 2.06. The van der Waals surface area contributed by atoms with Gasteiger partial charge in [-0.3, -0.25) is 4.90 Å². The van der Waals surface area contributed by atoms with Crippen molar-refractivity contribution in [1.29, 1.82) is 0 Å². The van der Waals surface area contributed by atoms with Gasteiger partial charge in [0, 0.05) is 39.3 Å². The van der Waals surface area contributed by atoms with Crippen LogP contribution in [0.15, 0.2) is 30.3 Å². The molecule has 0 unspecified atom stereocenters. The van der Waals surface area contributed by atoms with E-state index in [0.29, 0.717) is 5.75 Å². The van der Waals surface area contributed by atoms with Crippen LogP contribution in [0.25, 0.3) is 0 Å². The van der Waals surface area contributed by atoms with Crippen molar-refractivity contribution in [2.75, 3.05) is 39.3 Å². The lowest BCUT2D eigenvalue weighted by atomic mass is 10.3. The van der Waals surface area contributed by atoms with E-state index in [-0.39, 0.29) is 0 Å². The van der Waals surface area contributed by atoms with E-state index < -0.39 is 0 Å². The van der Waals surface area contributed by atoms with Crippen LogP contribution >= 0.6 is 0 Å². The lowest BCUT2D eigenvalue weighted by Crippen LogP contribution is -2.45. The first-order chi connectivity index (χ1) is 7.83. The maximum Gasteiger partial charge on any atom is 0.115 e. The number of para-hydroxylation sites is 1. The van der Waals surface area contributed by atoms with Gasteiger partial charge >= 0.3 is 0 Å². The number of piperazine rings is 1. The standard InChI is InChI=1S/C6H15N3.C6H6O/c7-1-4-9-5-2-8-3-6-9;7-6-4-2-1-3-5-6/h8H,1-7H2;1-5,7H. The number of rotatable bonds is 2. The summed E-state index contributed by atoms with van der Waals surface area (Å²) in [6, 6.07) is 8.71. The Morgan fingerprint density at radius 2 is 1.81 bits per heavy atom. The summed E-state index contributed by atoms with van der Waals surface area (Å²) in [6.07, 6.45) is 0. The van der Waals surface area contributed by atoms with Gasteiger partial charge in [-0.1, -0.05) is 18.2 Å². The molecule has 1 aliphatic rings. The molecule has 0 radical (unpaired) electrons. The number of benzene rings is 1. The molecule has 1 aromatic rings. The van der Waals surface area contributed by atoms with Crippen LogP contribution in [0.4, 0.5) is 0 Å². The molecule has 4 N–H and O–H groups in total. The van der Waals surface area contributed by atoms with Crippen LogP contribution in [0, 0.1) is 0 Å². The van der Waals surface area contributed by atoms with Crippen molar-refractivity contribution in [2.24, 2.45) is 5.73 Å². The largest absolute Gasteiger partial charge is 0.508 e. The third-order valence-corrected chi connectivity index (χ3v) is 2.41. The van der Waals surface area contributed by atoms with Crippen LogP contribution in [-0.4, -0.2) is 49.3 Å². The predicted octanol–water partition coefficient (Wildman–Crippen LogP) is 0.243. The van der Waals surface area contributed by atoms with Gasteiger partial charge in [-0.05, 0) is 12.1 Å². The molecule has 0 spiro atoms. The average molecular weight is 223 g/mol. The highest BCUT2D eigenvalue weighted by Crippen LogP contribution is 2.02. The summed E-state index contributed by atoms with van der Waals surface area (Å²) in [5, 5.41) is 11.9. The second-order valence-corrected chi connectivity index (χ2v) is 3.72. The van der Waals surface area contributed by atoms with Crippen molar-refractivity contribution in [3.63, 3.8) is 0 Å². The maximum atomic E-state index is 8.63. The Labute approximate surface area is 97.1 Å². The second kappa shape index (κ2) is 8.10. The van der Waals surface area contributed by atoms with E-state index in [9.17, 15) is 0 Å². The Morgan fingerprint density at radius 1 is 1.19 bits per heavy atom. The van der Waals surface area contributed by atoms with Crippen LogP contribution in [0.3, 0.4) is 0 Å². The molecule has 0 bridgehead atoms. The van der Waals surface area contributed by atoms with Crippen molar-refractivity contribution in [2.45, 2.75) is 0 Å². The molecule has 4 nitrogen and oxygen atoms in total. The summed E-state index contributed by atoms with van der Waals surface area (Å²) in [7, 11) is 0. The fraction of sp³-hybridized carbons (Fsp3) is 0.500. The molecule has 0 atom stereocenters. The topological polar surface area (TPSA) is 61.5 Å². The third-order valence-electron chi connectivity index (χ3n) is 2.41. The van der Waals surface area contributed by atoms with Crippen LogP contribution in [0.2, 0.25) is 0 Å². The van der Waals surface area contributed by atoms with E-state index in [0.717, 1.165) is 39.3 Å². The van der Waals surface area contributed by atoms with Crippen molar-refractivity contribution < 1.29 is 5.11 Å². The lowest BCUT2D eigenvalue weighted by Gasteiger charge is -2.26. The van der Waals surface area contributed by atoms with Gasteiger partial charge in [0.25, 0.3) is 0 Å². The van der Waals surface area contributed by atoms with Crippen LogP contribution in [-0.2, 0) is 0 Å². The summed E-state index contributed by atoms with van der Waals surface area (Å²) in [5.74, 6) is 0.322. The number of aromatic hydroxyl groups is 1. The zero-order valence-electron chi connectivity index (χ0n) is 9.60. The van der Waals surface area contributed by atoms with Gasteiger partial charge in [-0.25, -0.2) is 0 Å². The number of hydrogen-bond donors (Lipinski definition) is 3. The van der Waals surface area contributed by atoms with Gasteiger partial charge in [0.05, 0.1) is 0 Å². The zero-order valence-corrected chi connectivity index (χ0v) is 9.60. The Kier molecular flexibility index (Phi) is 6.56. The van der Waals surface area contributed by atoms with Gasteiger partial charge in [0.2, 0.25) is 0 Å². The molecule has 1 fully saturated rings. The van der Waals surface area contributed by atoms with Crippen molar-refractivity contribution >= 4 is 0 Å². The molecule has 90 valence electrons. The minimum Gasteiger partial charge on any atom is -0.508 e. The van der Waals surface area contributed by atoms with Gasteiger partial charge < -0.3 is 16.2 Å². The van der Waals surface area contributed by atoms with Crippen molar-refractivity contribution in [1.82, 2.24) is 10.2 Å². The predicted molar refractivity (Wildman–Crippen MR) is 66.5 cm³/mol. The molecule has 0 aliphatic carbocycles. The normalized spacial score (nSPS) is 16.3. The summed E-state index contributed by atoms with van der Waals surface area (Å²) < 4.78 is 0.